The molecule has 1 N–H and O–H groups in total. The first-order valence-electron chi connectivity index (χ1n) is 8.89. The lowest BCUT2D eigenvalue weighted by atomic mass is 9.90. The lowest BCUT2D eigenvalue weighted by Gasteiger charge is -2.32. The van der Waals surface area contributed by atoms with E-state index < -0.39 is 12.0 Å². The second-order valence-corrected chi connectivity index (χ2v) is 6.78. The molecular formula is C19H24N2O4. The van der Waals surface area contributed by atoms with E-state index in [0.717, 1.165) is 19.3 Å². The van der Waals surface area contributed by atoms with Crippen molar-refractivity contribution in [3.05, 3.63) is 35.9 Å². The summed E-state index contributed by atoms with van der Waals surface area (Å²) in [4.78, 5) is 36.9. The summed E-state index contributed by atoms with van der Waals surface area (Å²) in [6.07, 6.45) is 3.75. The van der Waals surface area contributed by atoms with Crippen LogP contribution in [0.1, 0.15) is 31.2 Å². The second-order valence-electron chi connectivity index (χ2n) is 6.78. The SMILES string of the molecule is O=C1CC[C@@H](C(=O)OCC(=O)N2CCC(Cc3ccccc3)CC2)N1. The summed E-state index contributed by atoms with van der Waals surface area (Å²) in [5, 5.41) is 2.55. The molecule has 2 heterocycles. The van der Waals surface area contributed by atoms with Gasteiger partial charge in [0.15, 0.2) is 6.61 Å². The van der Waals surface area contributed by atoms with E-state index in [1.165, 1.54) is 5.56 Å². The predicted octanol–water partition coefficient (Wildman–Crippen LogP) is 1.29. The highest BCUT2D eigenvalue weighted by atomic mass is 16.5. The van der Waals surface area contributed by atoms with Crippen LogP contribution < -0.4 is 5.32 Å². The maximum Gasteiger partial charge on any atom is 0.329 e. The standard InChI is InChI=1S/C19H24N2O4/c22-17-7-6-16(20-17)19(24)25-13-18(23)21-10-8-15(9-11-21)12-14-4-2-1-3-5-14/h1-5,15-16H,6-13H2,(H,20,22)/t16-/m0/s1. The van der Waals surface area contributed by atoms with Gasteiger partial charge < -0.3 is 15.0 Å². The molecule has 25 heavy (non-hydrogen) atoms. The number of ether oxygens (including phenoxy) is 1. The number of amides is 2. The smallest absolute Gasteiger partial charge is 0.329 e. The first-order valence-corrected chi connectivity index (χ1v) is 8.89. The largest absolute Gasteiger partial charge is 0.454 e. The van der Waals surface area contributed by atoms with E-state index in [2.05, 4.69) is 29.6 Å². The van der Waals surface area contributed by atoms with E-state index in [1.54, 1.807) is 4.90 Å². The quantitative estimate of drug-likeness (QED) is 0.817. The molecule has 2 fully saturated rings. The molecule has 3 rings (SSSR count). The van der Waals surface area contributed by atoms with Crippen LogP contribution in [-0.2, 0) is 25.5 Å². The molecule has 2 aliphatic rings. The molecular weight excluding hydrogens is 320 g/mol. The maximum atomic E-state index is 12.2. The number of esters is 1. The highest BCUT2D eigenvalue weighted by Crippen LogP contribution is 2.21. The van der Waals surface area contributed by atoms with Crippen molar-refractivity contribution in [2.45, 2.75) is 38.1 Å². The highest BCUT2D eigenvalue weighted by molar-refractivity contribution is 5.89. The summed E-state index contributed by atoms with van der Waals surface area (Å²) >= 11 is 0. The van der Waals surface area contributed by atoms with Crippen molar-refractivity contribution in [1.82, 2.24) is 10.2 Å². The lowest BCUT2D eigenvalue weighted by molar-refractivity contribution is -0.154. The van der Waals surface area contributed by atoms with E-state index in [4.69, 9.17) is 4.74 Å². The topological polar surface area (TPSA) is 75.7 Å². The fraction of sp³-hybridized carbons (Fsp3) is 0.526. The van der Waals surface area contributed by atoms with Gasteiger partial charge in [-0.15, -0.1) is 0 Å². The molecule has 0 aliphatic carbocycles. The highest BCUT2D eigenvalue weighted by Gasteiger charge is 2.30. The van der Waals surface area contributed by atoms with Crippen molar-refractivity contribution in [3.63, 3.8) is 0 Å². The van der Waals surface area contributed by atoms with Crippen LogP contribution in [0, 0.1) is 5.92 Å². The third kappa shape index (κ3) is 4.81. The van der Waals surface area contributed by atoms with Gasteiger partial charge in [-0.25, -0.2) is 4.79 Å². The maximum absolute atomic E-state index is 12.2. The van der Waals surface area contributed by atoms with E-state index >= 15 is 0 Å². The first kappa shape index (κ1) is 17.5. The van der Waals surface area contributed by atoms with Crippen LogP contribution in [0.3, 0.4) is 0 Å². The minimum absolute atomic E-state index is 0.145. The molecule has 0 radical (unpaired) electrons. The zero-order chi connectivity index (χ0) is 17.6. The molecule has 6 heteroatoms. The molecule has 6 nitrogen and oxygen atoms in total. The average molecular weight is 344 g/mol. The Bertz CT molecular complexity index is 624. The fourth-order valence-corrected chi connectivity index (χ4v) is 3.45. The van der Waals surface area contributed by atoms with Gasteiger partial charge in [0.2, 0.25) is 5.91 Å². The average Bonchev–Trinajstić information content (AvgIpc) is 3.07. The Labute approximate surface area is 147 Å². The number of nitrogens with zero attached hydrogens (tertiary/aromatic N) is 1. The Morgan fingerprint density at radius 2 is 1.84 bits per heavy atom. The van der Waals surface area contributed by atoms with Crippen molar-refractivity contribution >= 4 is 17.8 Å². The van der Waals surface area contributed by atoms with E-state index in [1.807, 2.05) is 6.07 Å². The van der Waals surface area contributed by atoms with Crippen molar-refractivity contribution in [1.29, 1.82) is 0 Å². The molecule has 0 unspecified atom stereocenters. The lowest BCUT2D eigenvalue weighted by Crippen LogP contribution is -2.42. The summed E-state index contributed by atoms with van der Waals surface area (Å²) in [5.41, 5.74) is 1.33. The molecule has 1 atom stereocenters. The number of likely N-dealkylation sites (tertiary alicyclic amines) is 1. The normalized spacial score (nSPS) is 21.0. The number of carbonyl (C=O) groups is 3. The summed E-state index contributed by atoms with van der Waals surface area (Å²) < 4.78 is 5.07. The molecule has 2 amide bonds. The summed E-state index contributed by atoms with van der Waals surface area (Å²) in [7, 11) is 0. The Balaban J connectivity index is 1.38. The van der Waals surface area contributed by atoms with Crippen molar-refractivity contribution < 1.29 is 19.1 Å². The van der Waals surface area contributed by atoms with Gasteiger partial charge in [-0.2, -0.15) is 0 Å². The number of nitrogens with one attached hydrogen (secondary N) is 1. The van der Waals surface area contributed by atoms with E-state index in [-0.39, 0.29) is 18.4 Å². The number of hydrogen-bond donors (Lipinski definition) is 1. The van der Waals surface area contributed by atoms with Crippen LogP contribution in [0.5, 0.6) is 0 Å². The zero-order valence-electron chi connectivity index (χ0n) is 14.3. The number of benzene rings is 1. The van der Waals surface area contributed by atoms with Crippen LogP contribution in [0.25, 0.3) is 0 Å². The third-order valence-corrected chi connectivity index (χ3v) is 4.95. The van der Waals surface area contributed by atoms with Gasteiger partial charge in [-0.3, -0.25) is 9.59 Å². The number of rotatable bonds is 5. The predicted molar refractivity (Wildman–Crippen MR) is 91.6 cm³/mol. The van der Waals surface area contributed by atoms with Gasteiger partial charge in [0.25, 0.3) is 5.91 Å². The van der Waals surface area contributed by atoms with E-state index in [0.29, 0.717) is 31.8 Å². The van der Waals surface area contributed by atoms with Crippen molar-refractivity contribution in [2.75, 3.05) is 19.7 Å². The summed E-state index contributed by atoms with van der Waals surface area (Å²) in [5.74, 6) is -0.231. The third-order valence-electron chi connectivity index (χ3n) is 4.95. The van der Waals surface area contributed by atoms with Crippen LogP contribution in [0.4, 0.5) is 0 Å². The number of piperidine rings is 1. The number of hydrogen-bond acceptors (Lipinski definition) is 4. The zero-order valence-corrected chi connectivity index (χ0v) is 14.3. The monoisotopic (exact) mass is 344 g/mol. The van der Waals surface area contributed by atoms with Gasteiger partial charge in [-0.1, -0.05) is 30.3 Å². The second kappa shape index (κ2) is 8.14. The van der Waals surface area contributed by atoms with Crippen LogP contribution in [-0.4, -0.2) is 48.4 Å². The molecule has 1 aromatic carbocycles. The minimum Gasteiger partial charge on any atom is -0.454 e. The Kier molecular flexibility index (Phi) is 5.68. The van der Waals surface area contributed by atoms with Crippen LogP contribution in [0.15, 0.2) is 30.3 Å². The molecule has 134 valence electrons. The van der Waals surface area contributed by atoms with Gasteiger partial charge >= 0.3 is 5.97 Å². The fourth-order valence-electron chi connectivity index (χ4n) is 3.45. The van der Waals surface area contributed by atoms with Crippen LogP contribution >= 0.6 is 0 Å². The van der Waals surface area contributed by atoms with Crippen molar-refractivity contribution in [2.24, 2.45) is 5.92 Å². The van der Waals surface area contributed by atoms with Gasteiger partial charge in [0.1, 0.15) is 6.04 Å². The van der Waals surface area contributed by atoms with Crippen molar-refractivity contribution in [3.8, 4) is 0 Å². The summed E-state index contributed by atoms with van der Waals surface area (Å²) in [6, 6.07) is 9.79. The van der Waals surface area contributed by atoms with E-state index in [9.17, 15) is 14.4 Å². The minimum atomic E-state index is -0.600. The Morgan fingerprint density at radius 3 is 2.48 bits per heavy atom. The molecule has 0 bridgehead atoms. The molecule has 0 saturated carbocycles. The Hall–Kier alpha value is -2.37. The molecule has 1 aromatic rings. The molecule has 0 aromatic heterocycles. The van der Waals surface area contributed by atoms with Crippen LogP contribution in [0.2, 0.25) is 0 Å². The molecule has 2 aliphatic heterocycles. The summed E-state index contributed by atoms with van der Waals surface area (Å²) in [6.45, 7) is 1.16. The molecule has 0 spiro atoms. The van der Waals surface area contributed by atoms with Gasteiger partial charge in [-0.05, 0) is 37.2 Å². The van der Waals surface area contributed by atoms with Gasteiger partial charge in [0, 0.05) is 19.5 Å². The van der Waals surface area contributed by atoms with Gasteiger partial charge in [0.05, 0.1) is 0 Å². The number of carbonyl (C=O) groups excluding carboxylic acids is 3. The first-order chi connectivity index (χ1) is 12.1. The molecule has 2 saturated heterocycles. The Morgan fingerprint density at radius 1 is 1.12 bits per heavy atom.